The molecule has 0 amide bonds. The molecular formula is C19H30IN3. The van der Waals surface area contributed by atoms with Crippen molar-refractivity contribution in [2.24, 2.45) is 16.8 Å². The van der Waals surface area contributed by atoms with Crippen molar-refractivity contribution in [3.05, 3.63) is 35.9 Å². The van der Waals surface area contributed by atoms with Crippen molar-refractivity contribution in [2.45, 2.75) is 38.5 Å². The number of hydrogen-bond acceptors (Lipinski definition) is 1. The van der Waals surface area contributed by atoms with Crippen molar-refractivity contribution in [2.75, 3.05) is 26.7 Å². The second-order valence-corrected chi connectivity index (χ2v) is 6.79. The minimum atomic E-state index is 0. The van der Waals surface area contributed by atoms with Gasteiger partial charge in [0.1, 0.15) is 0 Å². The van der Waals surface area contributed by atoms with E-state index in [1.165, 1.54) is 31.2 Å². The monoisotopic (exact) mass is 427 g/mol. The number of guanidine groups is 1. The van der Waals surface area contributed by atoms with Crippen molar-refractivity contribution in [1.29, 1.82) is 0 Å². The van der Waals surface area contributed by atoms with Crippen molar-refractivity contribution in [1.82, 2.24) is 10.2 Å². The second-order valence-electron chi connectivity index (χ2n) is 6.79. The van der Waals surface area contributed by atoms with Crippen LogP contribution in [0.4, 0.5) is 0 Å². The second kappa shape index (κ2) is 8.90. The average molecular weight is 427 g/mol. The molecule has 2 unspecified atom stereocenters. The van der Waals surface area contributed by atoms with Crippen molar-refractivity contribution >= 4 is 29.9 Å². The summed E-state index contributed by atoms with van der Waals surface area (Å²) in [6.07, 6.45) is 5.23. The lowest BCUT2D eigenvalue weighted by Crippen LogP contribution is -2.48. The van der Waals surface area contributed by atoms with Gasteiger partial charge in [-0.3, -0.25) is 4.99 Å². The molecular weight excluding hydrogens is 397 g/mol. The summed E-state index contributed by atoms with van der Waals surface area (Å²) in [6.45, 7) is 5.66. The van der Waals surface area contributed by atoms with E-state index >= 15 is 0 Å². The van der Waals surface area contributed by atoms with Gasteiger partial charge >= 0.3 is 0 Å². The Morgan fingerprint density at radius 1 is 1.22 bits per heavy atom. The molecule has 128 valence electrons. The molecule has 23 heavy (non-hydrogen) atoms. The van der Waals surface area contributed by atoms with Crippen molar-refractivity contribution in [3.63, 3.8) is 0 Å². The molecule has 1 aromatic carbocycles. The van der Waals surface area contributed by atoms with E-state index in [0.29, 0.717) is 5.92 Å². The van der Waals surface area contributed by atoms with Crippen LogP contribution in [0, 0.1) is 11.8 Å². The molecule has 3 rings (SSSR count). The van der Waals surface area contributed by atoms with Gasteiger partial charge in [0.15, 0.2) is 5.96 Å². The van der Waals surface area contributed by atoms with Gasteiger partial charge in [-0.05, 0) is 42.6 Å². The quantitative estimate of drug-likeness (QED) is 0.445. The summed E-state index contributed by atoms with van der Waals surface area (Å²) in [6, 6.07) is 11.0. The molecule has 1 saturated carbocycles. The van der Waals surface area contributed by atoms with Gasteiger partial charge in [0.05, 0.1) is 0 Å². The number of rotatable bonds is 4. The summed E-state index contributed by atoms with van der Waals surface area (Å²) in [5, 5.41) is 3.58. The predicted octanol–water partition coefficient (Wildman–Crippen LogP) is 4.11. The zero-order valence-electron chi connectivity index (χ0n) is 14.4. The third-order valence-corrected chi connectivity index (χ3v) is 5.24. The number of piperidine rings is 1. The highest BCUT2D eigenvalue weighted by molar-refractivity contribution is 14.0. The first-order chi connectivity index (χ1) is 10.8. The Hall–Kier alpha value is -0.780. The maximum Gasteiger partial charge on any atom is 0.193 e. The zero-order chi connectivity index (χ0) is 15.4. The molecule has 3 nitrogen and oxygen atoms in total. The van der Waals surface area contributed by atoms with Gasteiger partial charge < -0.3 is 10.2 Å². The maximum absolute atomic E-state index is 4.51. The molecule has 2 fully saturated rings. The molecule has 1 heterocycles. The average Bonchev–Trinajstić information content (AvgIpc) is 3.40. The van der Waals surface area contributed by atoms with Gasteiger partial charge in [0, 0.05) is 26.7 Å². The topological polar surface area (TPSA) is 27.6 Å². The molecule has 1 aliphatic heterocycles. The maximum atomic E-state index is 4.51. The van der Waals surface area contributed by atoms with E-state index in [2.05, 4.69) is 52.5 Å². The highest BCUT2D eigenvalue weighted by atomic mass is 127. The van der Waals surface area contributed by atoms with E-state index in [-0.39, 0.29) is 24.0 Å². The Balaban J connectivity index is 0.00000192. The Kier molecular flexibility index (Phi) is 7.18. The van der Waals surface area contributed by atoms with Crippen molar-refractivity contribution < 1.29 is 0 Å². The fourth-order valence-electron chi connectivity index (χ4n) is 3.67. The lowest BCUT2D eigenvalue weighted by Gasteiger charge is -2.40. The van der Waals surface area contributed by atoms with Gasteiger partial charge in [-0.15, -0.1) is 24.0 Å². The molecule has 1 saturated heterocycles. The Morgan fingerprint density at radius 2 is 1.96 bits per heavy atom. The highest BCUT2D eigenvalue weighted by Crippen LogP contribution is 2.35. The summed E-state index contributed by atoms with van der Waals surface area (Å²) in [4.78, 5) is 6.98. The number of hydrogen-bond donors (Lipinski definition) is 1. The van der Waals surface area contributed by atoms with Crippen LogP contribution in [-0.4, -0.2) is 37.5 Å². The van der Waals surface area contributed by atoms with E-state index in [4.69, 9.17) is 0 Å². The normalized spacial score (nSPS) is 25.0. The van der Waals surface area contributed by atoms with Gasteiger partial charge in [0.2, 0.25) is 0 Å². The molecule has 0 bridgehead atoms. The fourth-order valence-corrected chi connectivity index (χ4v) is 3.67. The molecule has 4 heteroatoms. The SMILES string of the molecule is CCC1CN(C(=NC)NCC2CC2)CCC1c1ccccc1.I. The van der Waals surface area contributed by atoms with E-state index in [1.54, 1.807) is 0 Å². The van der Waals surface area contributed by atoms with Crippen molar-refractivity contribution in [3.8, 4) is 0 Å². The van der Waals surface area contributed by atoms with Gasteiger partial charge in [-0.2, -0.15) is 0 Å². The third kappa shape index (κ3) is 4.85. The standard InChI is InChI=1S/C19H29N3.HI/c1-3-16-14-22(19(20-2)21-13-15-9-10-15)12-11-18(16)17-7-5-4-6-8-17;/h4-8,15-16,18H,3,9-14H2,1-2H3,(H,20,21);1H. The summed E-state index contributed by atoms with van der Waals surface area (Å²) < 4.78 is 0. The van der Waals surface area contributed by atoms with E-state index < -0.39 is 0 Å². The van der Waals surface area contributed by atoms with E-state index in [0.717, 1.165) is 37.4 Å². The lowest BCUT2D eigenvalue weighted by atomic mass is 9.79. The van der Waals surface area contributed by atoms with Crippen LogP contribution >= 0.6 is 24.0 Å². The minimum absolute atomic E-state index is 0. The molecule has 0 radical (unpaired) electrons. The fraction of sp³-hybridized carbons (Fsp3) is 0.632. The van der Waals surface area contributed by atoms with Crippen LogP contribution < -0.4 is 5.32 Å². The summed E-state index contributed by atoms with van der Waals surface area (Å²) in [5.74, 6) is 3.41. The van der Waals surface area contributed by atoms with E-state index in [9.17, 15) is 0 Å². The number of likely N-dealkylation sites (tertiary alicyclic amines) is 1. The number of aliphatic imine (C=N–C) groups is 1. The van der Waals surface area contributed by atoms with Crippen LogP contribution in [0.5, 0.6) is 0 Å². The number of halogens is 1. The molecule has 2 aliphatic rings. The van der Waals surface area contributed by atoms with Crippen LogP contribution in [0.3, 0.4) is 0 Å². The highest BCUT2D eigenvalue weighted by Gasteiger charge is 2.31. The van der Waals surface area contributed by atoms with Crippen LogP contribution in [0.2, 0.25) is 0 Å². The van der Waals surface area contributed by atoms with E-state index in [1.807, 2.05) is 7.05 Å². The zero-order valence-corrected chi connectivity index (χ0v) is 16.7. The molecule has 1 aromatic rings. The smallest absolute Gasteiger partial charge is 0.193 e. The minimum Gasteiger partial charge on any atom is -0.356 e. The molecule has 1 aliphatic carbocycles. The lowest BCUT2D eigenvalue weighted by molar-refractivity contribution is 0.215. The molecule has 1 N–H and O–H groups in total. The Labute approximate surface area is 158 Å². The summed E-state index contributed by atoms with van der Waals surface area (Å²) in [7, 11) is 1.92. The van der Waals surface area contributed by atoms with Gasteiger partial charge in [0.25, 0.3) is 0 Å². The summed E-state index contributed by atoms with van der Waals surface area (Å²) >= 11 is 0. The largest absolute Gasteiger partial charge is 0.356 e. The van der Waals surface area contributed by atoms with Gasteiger partial charge in [-0.25, -0.2) is 0 Å². The first-order valence-corrected chi connectivity index (χ1v) is 8.82. The molecule has 0 aromatic heterocycles. The number of benzene rings is 1. The summed E-state index contributed by atoms with van der Waals surface area (Å²) in [5.41, 5.74) is 1.51. The number of nitrogens with one attached hydrogen (secondary N) is 1. The Morgan fingerprint density at radius 3 is 2.57 bits per heavy atom. The van der Waals surface area contributed by atoms with Crippen LogP contribution in [0.15, 0.2) is 35.3 Å². The molecule has 2 atom stereocenters. The molecule has 0 spiro atoms. The van der Waals surface area contributed by atoms with Crippen LogP contribution in [0.25, 0.3) is 0 Å². The first kappa shape index (κ1) is 18.6. The van der Waals surface area contributed by atoms with Crippen LogP contribution in [0.1, 0.15) is 44.1 Å². The predicted molar refractivity (Wildman–Crippen MR) is 109 cm³/mol. The van der Waals surface area contributed by atoms with Gasteiger partial charge in [-0.1, -0.05) is 43.7 Å². The Bertz CT molecular complexity index is 499. The third-order valence-electron chi connectivity index (χ3n) is 5.24. The van der Waals surface area contributed by atoms with Crippen LogP contribution in [-0.2, 0) is 0 Å². The first-order valence-electron chi connectivity index (χ1n) is 8.82. The number of nitrogens with zero attached hydrogens (tertiary/aromatic N) is 2.